The highest BCUT2D eigenvalue weighted by atomic mass is 79.9. The number of halogens is 4. The van der Waals surface area contributed by atoms with Crippen molar-refractivity contribution in [3.8, 4) is 0 Å². The first-order valence-corrected chi connectivity index (χ1v) is 12.0. The molecule has 0 fully saturated rings. The van der Waals surface area contributed by atoms with E-state index in [0.717, 1.165) is 17.7 Å². The number of hydrogen-bond donors (Lipinski definition) is 0. The third-order valence-electron chi connectivity index (χ3n) is 6.38. The number of amides is 1. The molecule has 0 bridgehead atoms. The Morgan fingerprint density at radius 2 is 1.58 bits per heavy atom. The second kappa shape index (κ2) is 8.34. The number of carbonyl (C=O) groups excluding carboxylic acids is 1. The molecule has 0 saturated carbocycles. The maximum absolute atomic E-state index is 13.7. The van der Waals surface area contributed by atoms with Gasteiger partial charge < -0.3 is 4.42 Å². The minimum Gasteiger partial charge on any atom is -0.450 e. The molecule has 2 heterocycles. The van der Waals surface area contributed by atoms with Crippen LogP contribution in [0.1, 0.15) is 59.6 Å². The molecule has 1 aliphatic rings. The summed E-state index contributed by atoms with van der Waals surface area (Å²) in [7, 11) is 0. The standard InChI is InChI=1S/C28H21BrF3NO3/c1-27(2,3)16-9-7-15(8-10-16)23-22-24(34)20-14-18(29)11-12-21(20)36-25(22)26(35)33(23)19-6-4-5-17(13-19)28(30,31)32/h4-14,23H,1-3H3. The fraction of sp³-hybridized carbons (Fsp3) is 0.214. The van der Waals surface area contributed by atoms with Gasteiger partial charge in [0.25, 0.3) is 5.91 Å². The van der Waals surface area contributed by atoms with E-state index in [9.17, 15) is 22.8 Å². The van der Waals surface area contributed by atoms with E-state index < -0.39 is 29.1 Å². The number of fused-ring (bicyclic) bond motifs is 2. The number of hydrogen-bond acceptors (Lipinski definition) is 3. The fourth-order valence-corrected chi connectivity index (χ4v) is 4.89. The van der Waals surface area contributed by atoms with Gasteiger partial charge in [0.1, 0.15) is 5.58 Å². The van der Waals surface area contributed by atoms with Gasteiger partial charge >= 0.3 is 6.18 Å². The Balaban J connectivity index is 1.77. The monoisotopic (exact) mass is 555 g/mol. The first kappa shape index (κ1) is 24.3. The molecule has 0 aliphatic carbocycles. The highest BCUT2D eigenvalue weighted by Crippen LogP contribution is 2.43. The summed E-state index contributed by atoms with van der Waals surface area (Å²) in [5.74, 6) is -0.840. The van der Waals surface area contributed by atoms with Crippen LogP contribution in [0.5, 0.6) is 0 Å². The van der Waals surface area contributed by atoms with Gasteiger partial charge in [0.05, 0.1) is 22.6 Å². The summed E-state index contributed by atoms with van der Waals surface area (Å²) in [6.07, 6.45) is -4.59. The number of rotatable bonds is 2. The molecule has 36 heavy (non-hydrogen) atoms. The maximum atomic E-state index is 13.7. The van der Waals surface area contributed by atoms with E-state index in [1.165, 1.54) is 17.0 Å². The van der Waals surface area contributed by atoms with Crippen molar-refractivity contribution < 1.29 is 22.4 Å². The molecule has 3 aromatic carbocycles. The van der Waals surface area contributed by atoms with Crippen LogP contribution in [-0.4, -0.2) is 5.91 Å². The Morgan fingerprint density at radius 3 is 2.22 bits per heavy atom. The van der Waals surface area contributed by atoms with Crippen molar-refractivity contribution in [3.05, 3.63) is 109 Å². The molecule has 0 N–H and O–H groups in total. The van der Waals surface area contributed by atoms with E-state index in [0.29, 0.717) is 10.0 Å². The summed E-state index contributed by atoms with van der Waals surface area (Å²) in [6, 6.07) is 15.9. The molecular formula is C28H21BrF3NO3. The molecule has 4 nitrogen and oxygen atoms in total. The molecular weight excluding hydrogens is 535 g/mol. The predicted octanol–water partition coefficient (Wildman–Crippen LogP) is 7.62. The maximum Gasteiger partial charge on any atom is 0.416 e. The van der Waals surface area contributed by atoms with Crippen molar-refractivity contribution in [2.24, 2.45) is 0 Å². The third kappa shape index (κ3) is 4.03. The van der Waals surface area contributed by atoms with Crippen LogP contribution in [0.25, 0.3) is 11.0 Å². The second-order valence-corrected chi connectivity index (χ2v) is 10.7. The number of anilines is 1. The summed E-state index contributed by atoms with van der Waals surface area (Å²) < 4.78 is 47.1. The molecule has 1 atom stereocenters. The Bertz CT molecular complexity index is 1570. The van der Waals surface area contributed by atoms with Crippen LogP contribution < -0.4 is 10.3 Å². The van der Waals surface area contributed by atoms with Gasteiger partial charge in [-0.05, 0) is 52.9 Å². The van der Waals surface area contributed by atoms with Crippen molar-refractivity contribution in [2.45, 2.75) is 38.4 Å². The smallest absolute Gasteiger partial charge is 0.416 e. The molecule has 0 spiro atoms. The molecule has 5 rings (SSSR count). The molecule has 0 radical (unpaired) electrons. The zero-order valence-corrected chi connectivity index (χ0v) is 21.2. The van der Waals surface area contributed by atoms with Crippen molar-refractivity contribution in [3.63, 3.8) is 0 Å². The Kier molecular flexibility index (Phi) is 5.63. The summed E-state index contributed by atoms with van der Waals surface area (Å²) >= 11 is 3.36. The topological polar surface area (TPSA) is 50.5 Å². The average molecular weight is 556 g/mol. The molecule has 1 aromatic heterocycles. The largest absolute Gasteiger partial charge is 0.450 e. The molecule has 1 amide bonds. The lowest BCUT2D eigenvalue weighted by Gasteiger charge is -2.27. The van der Waals surface area contributed by atoms with Crippen molar-refractivity contribution in [2.75, 3.05) is 4.90 Å². The summed E-state index contributed by atoms with van der Waals surface area (Å²) in [6.45, 7) is 6.18. The second-order valence-electron chi connectivity index (χ2n) is 9.81. The number of benzene rings is 3. The molecule has 8 heteroatoms. The summed E-state index contributed by atoms with van der Waals surface area (Å²) in [5.41, 5.74) is 0.555. The van der Waals surface area contributed by atoms with Crippen LogP contribution in [0, 0.1) is 0 Å². The Hall–Kier alpha value is -3.39. The van der Waals surface area contributed by atoms with Gasteiger partial charge in [-0.15, -0.1) is 0 Å². The van der Waals surface area contributed by atoms with Crippen LogP contribution in [-0.2, 0) is 11.6 Å². The highest BCUT2D eigenvalue weighted by Gasteiger charge is 2.44. The molecule has 0 saturated heterocycles. The lowest BCUT2D eigenvalue weighted by molar-refractivity contribution is -0.137. The lowest BCUT2D eigenvalue weighted by atomic mass is 9.86. The van der Waals surface area contributed by atoms with Crippen molar-refractivity contribution >= 4 is 38.5 Å². The number of alkyl halides is 3. The van der Waals surface area contributed by atoms with Gasteiger partial charge in [0.2, 0.25) is 5.76 Å². The molecule has 4 aromatic rings. The summed E-state index contributed by atoms with van der Waals surface area (Å²) in [4.78, 5) is 28.5. The summed E-state index contributed by atoms with van der Waals surface area (Å²) in [5, 5.41) is 0.276. The van der Waals surface area contributed by atoms with Crippen molar-refractivity contribution in [1.82, 2.24) is 0 Å². The Labute approximate surface area is 213 Å². The van der Waals surface area contributed by atoms with E-state index in [-0.39, 0.29) is 33.4 Å². The Morgan fingerprint density at radius 1 is 0.889 bits per heavy atom. The predicted molar refractivity (Wildman–Crippen MR) is 135 cm³/mol. The van der Waals surface area contributed by atoms with E-state index in [2.05, 4.69) is 36.7 Å². The first-order valence-electron chi connectivity index (χ1n) is 11.2. The van der Waals surface area contributed by atoms with Gasteiger partial charge in [-0.2, -0.15) is 13.2 Å². The molecule has 1 unspecified atom stereocenters. The van der Waals surface area contributed by atoms with Gasteiger partial charge in [0, 0.05) is 10.2 Å². The molecule has 1 aliphatic heterocycles. The van der Waals surface area contributed by atoms with E-state index >= 15 is 0 Å². The minimum absolute atomic E-state index is 0.0239. The minimum atomic E-state index is -4.59. The van der Waals surface area contributed by atoms with Gasteiger partial charge in [0.15, 0.2) is 5.43 Å². The fourth-order valence-electron chi connectivity index (χ4n) is 4.52. The van der Waals surface area contributed by atoms with E-state index in [1.54, 1.807) is 30.3 Å². The SMILES string of the molecule is CC(C)(C)c1ccc(C2c3c(oc4ccc(Br)cc4c3=O)C(=O)N2c2cccc(C(F)(F)F)c2)cc1. The van der Waals surface area contributed by atoms with Crippen LogP contribution in [0.15, 0.2) is 80.4 Å². The first-order chi connectivity index (χ1) is 16.9. The normalized spacial score (nSPS) is 16.0. The van der Waals surface area contributed by atoms with E-state index in [1.807, 2.05) is 12.1 Å². The average Bonchev–Trinajstić information content (AvgIpc) is 3.11. The van der Waals surface area contributed by atoms with Crippen LogP contribution in [0.3, 0.4) is 0 Å². The third-order valence-corrected chi connectivity index (χ3v) is 6.87. The quantitative estimate of drug-likeness (QED) is 0.255. The molecule has 184 valence electrons. The van der Waals surface area contributed by atoms with E-state index in [4.69, 9.17) is 4.42 Å². The van der Waals surface area contributed by atoms with Gasteiger partial charge in [-0.1, -0.05) is 67.0 Å². The van der Waals surface area contributed by atoms with Crippen LogP contribution in [0.2, 0.25) is 0 Å². The number of nitrogens with zero attached hydrogens (tertiary/aromatic N) is 1. The van der Waals surface area contributed by atoms with Crippen LogP contribution in [0.4, 0.5) is 18.9 Å². The van der Waals surface area contributed by atoms with Crippen LogP contribution >= 0.6 is 15.9 Å². The highest BCUT2D eigenvalue weighted by molar-refractivity contribution is 9.10. The lowest BCUT2D eigenvalue weighted by Crippen LogP contribution is -2.29. The van der Waals surface area contributed by atoms with Gasteiger partial charge in [-0.3, -0.25) is 14.5 Å². The van der Waals surface area contributed by atoms with Crippen molar-refractivity contribution in [1.29, 1.82) is 0 Å². The van der Waals surface area contributed by atoms with Gasteiger partial charge in [-0.25, -0.2) is 0 Å². The number of carbonyl (C=O) groups is 1. The zero-order valence-electron chi connectivity index (χ0n) is 19.6. The zero-order chi connectivity index (χ0) is 26.0.